The second-order valence-electron chi connectivity index (χ2n) is 8.60. The monoisotopic (exact) mass is 488 g/mol. The van der Waals surface area contributed by atoms with Gasteiger partial charge in [0, 0.05) is 54.0 Å². The Hall–Kier alpha value is -4.02. The van der Waals surface area contributed by atoms with Crippen LogP contribution in [0.2, 0.25) is 0 Å². The van der Waals surface area contributed by atoms with Crippen LogP contribution in [0.25, 0.3) is 11.4 Å². The Morgan fingerprint density at radius 2 is 1.53 bits per heavy atom. The highest BCUT2D eigenvalue weighted by molar-refractivity contribution is 6.00. The maximum absolute atomic E-state index is 12.5. The van der Waals surface area contributed by atoms with Crippen LogP contribution in [0.4, 0.5) is 27.7 Å². The van der Waals surface area contributed by atoms with Gasteiger partial charge in [0.25, 0.3) is 5.91 Å². The van der Waals surface area contributed by atoms with Crippen molar-refractivity contribution in [2.24, 2.45) is 0 Å². The lowest BCUT2D eigenvalue weighted by atomic mass is 10.2. The molecule has 3 heterocycles. The van der Waals surface area contributed by atoms with Gasteiger partial charge in [0.05, 0.1) is 19.8 Å². The van der Waals surface area contributed by atoms with Crippen molar-refractivity contribution in [3.63, 3.8) is 0 Å². The number of carbonyl (C=O) groups excluding carboxylic acids is 2. The quantitative estimate of drug-likeness (QED) is 0.567. The van der Waals surface area contributed by atoms with Crippen molar-refractivity contribution in [3.05, 3.63) is 60.3 Å². The first kappa shape index (κ1) is 23.7. The lowest BCUT2D eigenvalue weighted by Crippen LogP contribution is -2.41. The molecule has 0 spiro atoms. The molecule has 2 N–H and O–H groups in total. The zero-order valence-electron chi connectivity index (χ0n) is 20.1. The minimum Gasteiger partial charge on any atom is -0.378 e. The van der Waals surface area contributed by atoms with Crippen LogP contribution < -0.4 is 20.4 Å². The molecule has 36 heavy (non-hydrogen) atoms. The molecule has 0 bridgehead atoms. The number of benzene rings is 2. The highest BCUT2D eigenvalue weighted by Crippen LogP contribution is 2.24. The van der Waals surface area contributed by atoms with Crippen LogP contribution in [0.1, 0.15) is 5.56 Å². The van der Waals surface area contributed by atoms with E-state index in [1.165, 1.54) is 0 Å². The molecule has 186 valence electrons. The average molecular weight is 489 g/mol. The number of hydrogen-bond donors (Lipinski definition) is 2. The molecule has 0 unspecified atom stereocenters. The number of carbonyl (C=O) groups is 2. The Kier molecular flexibility index (Phi) is 7.06. The van der Waals surface area contributed by atoms with E-state index >= 15 is 0 Å². The van der Waals surface area contributed by atoms with Crippen molar-refractivity contribution in [2.45, 2.75) is 6.92 Å². The van der Waals surface area contributed by atoms with E-state index in [4.69, 9.17) is 14.5 Å². The molecule has 0 aliphatic carbocycles. The lowest BCUT2D eigenvalue weighted by molar-refractivity contribution is -0.125. The van der Waals surface area contributed by atoms with E-state index in [9.17, 15) is 9.59 Å². The number of aromatic nitrogens is 2. The number of ether oxygens (including phenoxy) is 2. The Morgan fingerprint density at radius 1 is 0.889 bits per heavy atom. The normalized spacial score (nSPS) is 16.1. The molecule has 10 heteroatoms. The molecule has 0 radical (unpaired) electrons. The Balaban J connectivity index is 1.20. The SMILES string of the molecule is Cc1cnc(-c2ccc(NC(=O)Nc3ccc(N4CCOCC4=O)cc3)cc2)nc1N1CCOCC1. The number of nitrogens with one attached hydrogen (secondary N) is 2. The molecule has 1 aromatic heterocycles. The maximum atomic E-state index is 12.5. The minimum absolute atomic E-state index is 0.0727. The van der Waals surface area contributed by atoms with E-state index in [1.807, 2.05) is 37.4 Å². The smallest absolute Gasteiger partial charge is 0.323 e. The molecule has 2 aliphatic rings. The average Bonchev–Trinajstić information content (AvgIpc) is 2.91. The molecule has 5 rings (SSSR count). The van der Waals surface area contributed by atoms with Gasteiger partial charge in [-0.15, -0.1) is 0 Å². The van der Waals surface area contributed by atoms with Crippen molar-refractivity contribution in [3.8, 4) is 11.4 Å². The Morgan fingerprint density at radius 3 is 2.19 bits per heavy atom. The van der Waals surface area contributed by atoms with Crippen molar-refractivity contribution in [1.29, 1.82) is 0 Å². The van der Waals surface area contributed by atoms with Gasteiger partial charge in [-0.2, -0.15) is 0 Å². The summed E-state index contributed by atoms with van der Waals surface area (Å²) in [6.45, 7) is 6.13. The summed E-state index contributed by atoms with van der Waals surface area (Å²) in [5, 5.41) is 5.64. The molecule has 2 aliphatic heterocycles. The highest BCUT2D eigenvalue weighted by atomic mass is 16.5. The largest absolute Gasteiger partial charge is 0.378 e. The number of aryl methyl sites for hydroxylation is 1. The summed E-state index contributed by atoms with van der Waals surface area (Å²) >= 11 is 0. The standard InChI is InChI=1S/C26H28N6O4/c1-18-16-27-24(30-25(18)31-10-13-35-14-11-31)19-2-4-20(5-3-19)28-26(34)29-21-6-8-22(9-7-21)32-12-15-36-17-23(32)33/h2-9,16H,10-15,17H2,1H3,(H2,28,29,34). The predicted octanol–water partition coefficient (Wildman–Crippen LogP) is 3.30. The number of amides is 3. The third kappa shape index (κ3) is 5.45. The zero-order valence-corrected chi connectivity index (χ0v) is 20.1. The first-order chi connectivity index (χ1) is 17.6. The van der Waals surface area contributed by atoms with Crippen molar-refractivity contribution in [2.75, 3.05) is 66.5 Å². The maximum Gasteiger partial charge on any atom is 0.323 e. The van der Waals surface area contributed by atoms with Gasteiger partial charge in [0.1, 0.15) is 12.4 Å². The molecular formula is C26H28N6O4. The zero-order chi connectivity index (χ0) is 24.9. The minimum atomic E-state index is -0.362. The van der Waals surface area contributed by atoms with Crippen LogP contribution in [-0.4, -0.2) is 68.0 Å². The van der Waals surface area contributed by atoms with E-state index in [0.29, 0.717) is 43.6 Å². The van der Waals surface area contributed by atoms with Crippen molar-refractivity contribution < 1.29 is 19.1 Å². The van der Waals surface area contributed by atoms with Gasteiger partial charge in [-0.05, 0) is 55.5 Å². The van der Waals surface area contributed by atoms with Crippen LogP contribution in [0.15, 0.2) is 54.7 Å². The van der Waals surface area contributed by atoms with E-state index in [1.54, 1.807) is 29.2 Å². The van der Waals surface area contributed by atoms with Crippen LogP contribution in [0.5, 0.6) is 0 Å². The fraction of sp³-hybridized carbons (Fsp3) is 0.308. The van der Waals surface area contributed by atoms with Crippen LogP contribution in [0.3, 0.4) is 0 Å². The van der Waals surface area contributed by atoms with Crippen molar-refractivity contribution >= 4 is 34.8 Å². The fourth-order valence-electron chi connectivity index (χ4n) is 4.18. The summed E-state index contributed by atoms with van der Waals surface area (Å²) in [5.41, 5.74) is 3.94. The topological polar surface area (TPSA) is 109 Å². The van der Waals surface area contributed by atoms with E-state index in [-0.39, 0.29) is 18.5 Å². The number of anilines is 4. The molecule has 3 amide bonds. The summed E-state index contributed by atoms with van der Waals surface area (Å²) in [5.74, 6) is 1.49. The van der Waals surface area contributed by atoms with Gasteiger partial charge >= 0.3 is 6.03 Å². The second kappa shape index (κ2) is 10.7. The summed E-state index contributed by atoms with van der Waals surface area (Å²) in [6.07, 6.45) is 1.84. The van der Waals surface area contributed by atoms with Gasteiger partial charge in [-0.25, -0.2) is 14.8 Å². The summed E-state index contributed by atoms with van der Waals surface area (Å²) in [6, 6.07) is 14.2. The molecule has 10 nitrogen and oxygen atoms in total. The number of rotatable bonds is 5. The fourth-order valence-corrected chi connectivity index (χ4v) is 4.18. The first-order valence-electron chi connectivity index (χ1n) is 11.9. The van der Waals surface area contributed by atoms with Gasteiger partial charge in [-0.1, -0.05) is 0 Å². The molecule has 0 atom stereocenters. The van der Waals surface area contributed by atoms with Gasteiger partial charge in [0.15, 0.2) is 5.82 Å². The number of morpholine rings is 2. The summed E-state index contributed by atoms with van der Waals surface area (Å²) in [4.78, 5) is 37.7. The van der Waals surface area contributed by atoms with Crippen LogP contribution >= 0.6 is 0 Å². The van der Waals surface area contributed by atoms with E-state index < -0.39 is 0 Å². The summed E-state index contributed by atoms with van der Waals surface area (Å²) in [7, 11) is 0. The highest BCUT2D eigenvalue weighted by Gasteiger charge is 2.20. The first-order valence-corrected chi connectivity index (χ1v) is 11.9. The molecule has 2 aromatic carbocycles. The van der Waals surface area contributed by atoms with Gasteiger partial charge in [0.2, 0.25) is 0 Å². The number of hydrogen-bond acceptors (Lipinski definition) is 7. The molecule has 0 saturated carbocycles. The van der Waals surface area contributed by atoms with E-state index in [2.05, 4.69) is 20.5 Å². The van der Waals surface area contributed by atoms with E-state index in [0.717, 1.165) is 35.7 Å². The molecule has 2 saturated heterocycles. The number of urea groups is 1. The Labute approximate surface area is 209 Å². The third-order valence-corrected chi connectivity index (χ3v) is 6.08. The van der Waals surface area contributed by atoms with Gasteiger partial charge in [-0.3, -0.25) is 4.79 Å². The van der Waals surface area contributed by atoms with Crippen LogP contribution in [-0.2, 0) is 14.3 Å². The Bertz CT molecular complexity index is 1230. The number of nitrogens with zero attached hydrogens (tertiary/aromatic N) is 4. The lowest BCUT2D eigenvalue weighted by Gasteiger charge is -2.29. The van der Waals surface area contributed by atoms with Crippen molar-refractivity contribution in [1.82, 2.24) is 9.97 Å². The molecule has 3 aromatic rings. The molecular weight excluding hydrogens is 460 g/mol. The predicted molar refractivity (Wildman–Crippen MR) is 137 cm³/mol. The second-order valence-corrected chi connectivity index (χ2v) is 8.60. The van der Waals surface area contributed by atoms with Crippen LogP contribution in [0, 0.1) is 6.92 Å². The third-order valence-electron chi connectivity index (χ3n) is 6.08. The van der Waals surface area contributed by atoms with Gasteiger partial charge < -0.3 is 29.9 Å². The summed E-state index contributed by atoms with van der Waals surface area (Å²) < 4.78 is 10.6. The molecule has 2 fully saturated rings.